The van der Waals surface area contributed by atoms with Crippen LogP contribution in [0.15, 0.2) is 24.3 Å². The van der Waals surface area contributed by atoms with E-state index in [1.807, 2.05) is 6.07 Å². The van der Waals surface area contributed by atoms with Gasteiger partial charge in [0.1, 0.15) is 16.7 Å². The summed E-state index contributed by atoms with van der Waals surface area (Å²) in [4.78, 5) is 7.81. The van der Waals surface area contributed by atoms with Gasteiger partial charge >= 0.3 is 0 Å². The minimum Gasteiger partial charge on any atom is -0.331 e. The van der Waals surface area contributed by atoms with Crippen LogP contribution in [-0.2, 0) is 6.42 Å². The van der Waals surface area contributed by atoms with Gasteiger partial charge in [0.05, 0.1) is 6.04 Å². The fraction of sp³-hybridized carbons (Fsp3) is 0.438. The van der Waals surface area contributed by atoms with Crippen LogP contribution in [0.5, 0.6) is 0 Å². The molecule has 4 heteroatoms. The van der Waals surface area contributed by atoms with Crippen molar-refractivity contribution in [3.05, 3.63) is 40.8 Å². The van der Waals surface area contributed by atoms with Crippen LogP contribution in [0.2, 0.25) is 5.15 Å². The molecule has 0 fully saturated rings. The van der Waals surface area contributed by atoms with Crippen molar-refractivity contribution in [2.75, 3.05) is 0 Å². The average molecular weight is 290 g/mol. The third kappa shape index (κ3) is 2.74. The third-order valence-electron chi connectivity index (χ3n) is 4.01. The van der Waals surface area contributed by atoms with Gasteiger partial charge in [0, 0.05) is 5.56 Å². The van der Waals surface area contributed by atoms with E-state index in [1.165, 1.54) is 24.8 Å². The van der Waals surface area contributed by atoms with Gasteiger partial charge in [-0.3, -0.25) is 0 Å². The first-order chi connectivity index (χ1) is 9.75. The molecule has 0 saturated heterocycles. The molecule has 0 spiro atoms. The van der Waals surface area contributed by atoms with Crippen molar-refractivity contribution in [2.45, 2.75) is 44.6 Å². The first-order valence-corrected chi connectivity index (χ1v) is 7.73. The number of aromatic nitrogens is 2. The molecule has 2 bridgehead atoms. The summed E-state index contributed by atoms with van der Waals surface area (Å²) >= 11 is 6.34. The van der Waals surface area contributed by atoms with Crippen LogP contribution < -0.4 is 5.73 Å². The fourth-order valence-corrected chi connectivity index (χ4v) is 3.10. The quantitative estimate of drug-likeness (QED) is 0.762. The van der Waals surface area contributed by atoms with E-state index in [4.69, 9.17) is 17.3 Å². The number of nitrogens with two attached hydrogens (primary N) is 1. The third-order valence-corrected chi connectivity index (χ3v) is 4.29. The Bertz CT molecular complexity index is 591. The minimum absolute atomic E-state index is 0.0483. The van der Waals surface area contributed by atoms with Crippen LogP contribution >= 0.6 is 11.6 Å². The molecule has 3 N–H and O–H groups in total. The zero-order valence-corrected chi connectivity index (χ0v) is 12.3. The highest BCUT2D eigenvalue weighted by molar-refractivity contribution is 6.32. The maximum atomic E-state index is 6.34. The molecule has 0 amide bonds. The Morgan fingerprint density at radius 3 is 2.85 bits per heavy atom. The molecule has 1 unspecified atom stereocenters. The standard InChI is InChI=1S/C16H20ClN3/c17-15-14-12-9-6-5-8-11(12)7-3-1-2-4-10-13(18)16(19-14)20-15/h5-6,8-9,13H,1-4,7,10,18H2,(H,19,20). The maximum Gasteiger partial charge on any atom is 0.134 e. The second-order valence-electron chi connectivity index (χ2n) is 5.50. The number of nitrogens with zero attached hydrogens (tertiary/aromatic N) is 1. The summed E-state index contributed by atoms with van der Waals surface area (Å²) < 4.78 is 0. The van der Waals surface area contributed by atoms with Crippen LogP contribution in [0.4, 0.5) is 0 Å². The first-order valence-electron chi connectivity index (χ1n) is 7.35. The molecule has 3 rings (SSSR count). The van der Waals surface area contributed by atoms with Crippen molar-refractivity contribution in [3.8, 4) is 11.3 Å². The monoisotopic (exact) mass is 289 g/mol. The number of benzene rings is 1. The van der Waals surface area contributed by atoms with Gasteiger partial charge in [-0.25, -0.2) is 4.98 Å². The minimum atomic E-state index is -0.0483. The van der Waals surface area contributed by atoms with Crippen molar-refractivity contribution in [1.29, 1.82) is 0 Å². The van der Waals surface area contributed by atoms with Gasteiger partial charge in [-0.2, -0.15) is 0 Å². The van der Waals surface area contributed by atoms with Crippen LogP contribution in [0.25, 0.3) is 11.3 Å². The smallest absolute Gasteiger partial charge is 0.134 e. The molecule has 0 radical (unpaired) electrons. The molecule has 0 aliphatic carbocycles. The number of H-pyrrole nitrogens is 1. The van der Waals surface area contributed by atoms with E-state index in [-0.39, 0.29) is 6.04 Å². The number of fused-ring (bicyclic) bond motifs is 4. The highest BCUT2D eigenvalue weighted by atomic mass is 35.5. The number of hydrogen-bond acceptors (Lipinski definition) is 2. The number of aromatic amines is 1. The van der Waals surface area contributed by atoms with Crippen LogP contribution in [-0.4, -0.2) is 9.97 Å². The lowest BCUT2D eigenvalue weighted by atomic mass is 9.98. The molecule has 1 aromatic heterocycles. The van der Waals surface area contributed by atoms with Gasteiger partial charge in [0.2, 0.25) is 0 Å². The Kier molecular flexibility index (Phi) is 4.08. The second kappa shape index (κ2) is 5.98. The van der Waals surface area contributed by atoms with Crippen molar-refractivity contribution in [1.82, 2.24) is 9.97 Å². The molecule has 0 saturated carbocycles. The topological polar surface area (TPSA) is 54.7 Å². The predicted octanol–water partition coefficient (Wildman–Crippen LogP) is 4.24. The molecule has 2 aromatic rings. The van der Waals surface area contributed by atoms with Gasteiger partial charge in [0.15, 0.2) is 0 Å². The maximum absolute atomic E-state index is 6.34. The van der Waals surface area contributed by atoms with Crippen LogP contribution in [0.1, 0.15) is 49.5 Å². The summed E-state index contributed by atoms with van der Waals surface area (Å²) in [6.45, 7) is 0. The lowest BCUT2D eigenvalue weighted by Crippen LogP contribution is -2.12. The molecule has 2 heterocycles. The van der Waals surface area contributed by atoms with Gasteiger partial charge in [-0.15, -0.1) is 0 Å². The lowest BCUT2D eigenvalue weighted by Gasteiger charge is -2.11. The second-order valence-corrected chi connectivity index (χ2v) is 5.88. The zero-order chi connectivity index (χ0) is 13.9. The van der Waals surface area contributed by atoms with E-state index in [2.05, 4.69) is 28.2 Å². The Hall–Kier alpha value is -1.32. The normalized spacial score (nSPS) is 19.8. The zero-order valence-electron chi connectivity index (χ0n) is 11.5. The Balaban J connectivity index is 2.06. The van der Waals surface area contributed by atoms with Crippen molar-refractivity contribution < 1.29 is 0 Å². The number of rotatable bonds is 0. The molecule has 1 aliphatic rings. The molecule has 106 valence electrons. The van der Waals surface area contributed by atoms with E-state index in [1.54, 1.807) is 0 Å². The van der Waals surface area contributed by atoms with Gasteiger partial charge in [-0.05, 0) is 24.8 Å². The molecular formula is C16H20ClN3. The Morgan fingerprint density at radius 2 is 1.95 bits per heavy atom. The highest BCUT2D eigenvalue weighted by Gasteiger charge is 2.18. The van der Waals surface area contributed by atoms with E-state index >= 15 is 0 Å². The Morgan fingerprint density at radius 1 is 1.15 bits per heavy atom. The molecule has 20 heavy (non-hydrogen) atoms. The number of hydrogen-bond donors (Lipinski definition) is 2. The van der Waals surface area contributed by atoms with Gasteiger partial charge in [-0.1, -0.05) is 55.1 Å². The molecular weight excluding hydrogens is 270 g/mol. The first kappa shape index (κ1) is 13.7. The number of halogens is 1. The van der Waals surface area contributed by atoms with Gasteiger partial charge < -0.3 is 10.7 Å². The van der Waals surface area contributed by atoms with E-state index in [0.717, 1.165) is 36.3 Å². The van der Waals surface area contributed by atoms with Crippen LogP contribution in [0.3, 0.4) is 0 Å². The summed E-state index contributed by atoms with van der Waals surface area (Å²) in [5.74, 6) is 0.806. The summed E-state index contributed by atoms with van der Waals surface area (Å²) in [6, 6.07) is 8.34. The largest absolute Gasteiger partial charge is 0.331 e. The Labute approximate surface area is 124 Å². The number of imidazole rings is 1. The summed E-state index contributed by atoms with van der Waals surface area (Å²) in [7, 11) is 0. The molecule has 1 atom stereocenters. The average Bonchev–Trinajstić information content (AvgIpc) is 2.84. The molecule has 3 nitrogen and oxygen atoms in total. The number of nitrogens with one attached hydrogen (secondary N) is 1. The SMILES string of the molecule is NC1CCCCCCc2ccccc2-c2nc1[nH]c2Cl. The van der Waals surface area contributed by atoms with E-state index in [9.17, 15) is 0 Å². The van der Waals surface area contributed by atoms with Crippen molar-refractivity contribution in [3.63, 3.8) is 0 Å². The van der Waals surface area contributed by atoms with Crippen LogP contribution in [0, 0.1) is 0 Å². The molecule has 1 aromatic carbocycles. The molecule has 1 aliphatic heterocycles. The van der Waals surface area contributed by atoms with Crippen molar-refractivity contribution in [2.24, 2.45) is 5.73 Å². The summed E-state index contributed by atoms with van der Waals surface area (Å²) in [5.41, 5.74) is 9.49. The number of aryl methyl sites for hydroxylation is 1. The summed E-state index contributed by atoms with van der Waals surface area (Å²) in [6.07, 6.45) is 6.90. The van der Waals surface area contributed by atoms with E-state index in [0.29, 0.717) is 5.15 Å². The van der Waals surface area contributed by atoms with E-state index < -0.39 is 0 Å². The predicted molar refractivity (Wildman–Crippen MR) is 82.8 cm³/mol. The highest BCUT2D eigenvalue weighted by Crippen LogP contribution is 2.31. The fourth-order valence-electron chi connectivity index (χ4n) is 2.86. The lowest BCUT2D eigenvalue weighted by molar-refractivity contribution is 0.543. The van der Waals surface area contributed by atoms with Crippen molar-refractivity contribution >= 4 is 11.6 Å². The summed E-state index contributed by atoms with van der Waals surface area (Å²) in [5, 5.41) is 0.599. The van der Waals surface area contributed by atoms with Gasteiger partial charge in [0.25, 0.3) is 0 Å².